The first-order chi connectivity index (χ1) is 7.61. The van der Waals surface area contributed by atoms with Crippen LogP contribution in [0, 0.1) is 6.92 Å². The maximum absolute atomic E-state index is 4.57. The van der Waals surface area contributed by atoms with Gasteiger partial charge in [-0.3, -0.25) is 0 Å². The van der Waals surface area contributed by atoms with Gasteiger partial charge in [0, 0.05) is 14.9 Å². The fraction of sp³-hybridized carbons (Fsp3) is 0.250. The van der Waals surface area contributed by atoms with Crippen molar-refractivity contribution in [3.63, 3.8) is 0 Å². The van der Waals surface area contributed by atoms with Gasteiger partial charge in [0.25, 0.3) is 0 Å². The molecule has 0 saturated heterocycles. The molecule has 84 valence electrons. The van der Waals surface area contributed by atoms with E-state index in [0.29, 0.717) is 0 Å². The molecule has 1 heterocycles. The summed E-state index contributed by atoms with van der Waals surface area (Å²) in [6.45, 7) is 4.28. The minimum Gasteiger partial charge on any atom is -0.229 e. The number of hydrogen-bond donors (Lipinski definition) is 0. The third-order valence-electron chi connectivity index (χ3n) is 2.45. The monoisotopic (exact) mass is 359 g/mol. The van der Waals surface area contributed by atoms with Gasteiger partial charge in [-0.15, -0.1) is 11.3 Å². The Morgan fingerprint density at radius 2 is 2.06 bits per heavy atom. The van der Waals surface area contributed by atoms with Crippen molar-refractivity contribution in [1.29, 1.82) is 0 Å². The van der Waals surface area contributed by atoms with Gasteiger partial charge in [-0.2, -0.15) is 0 Å². The van der Waals surface area contributed by atoms with Crippen LogP contribution in [0.4, 0.5) is 0 Å². The quantitative estimate of drug-likeness (QED) is 0.716. The molecular formula is C12H11Br2NS. The molecule has 1 nitrogen and oxygen atoms in total. The number of aromatic nitrogens is 1. The number of benzene rings is 1. The molecule has 1 aromatic heterocycles. The summed E-state index contributed by atoms with van der Waals surface area (Å²) < 4.78 is 2.05. The van der Waals surface area contributed by atoms with Gasteiger partial charge in [0.2, 0.25) is 0 Å². The fourth-order valence-corrected chi connectivity index (χ4v) is 3.48. The molecule has 0 unspecified atom stereocenters. The van der Waals surface area contributed by atoms with E-state index in [9.17, 15) is 0 Å². The first-order valence-electron chi connectivity index (χ1n) is 5.03. The minimum absolute atomic E-state index is 0.957. The Hall–Kier alpha value is -0.190. The lowest BCUT2D eigenvalue weighted by atomic mass is 10.0. The van der Waals surface area contributed by atoms with Gasteiger partial charge in [0.1, 0.15) is 0 Å². The Labute approximate surface area is 116 Å². The summed E-state index contributed by atoms with van der Waals surface area (Å²) in [5.74, 6) is 0. The van der Waals surface area contributed by atoms with Gasteiger partial charge in [0.15, 0.2) is 3.92 Å². The fourth-order valence-electron chi connectivity index (χ4n) is 1.62. The third kappa shape index (κ3) is 2.39. The van der Waals surface area contributed by atoms with Crippen molar-refractivity contribution >= 4 is 43.2 Å². The normalized spacial score (nSPS) is 10.8. The molecule has 4 heteroatoms. The molecule has 16 heavy (non-hydrogen) atoms. The Morgan fingerprint density at radius 1 is 1.31 bits per heavy atom. The van der Waals surface area contributed by atoms with Crippen LogP contribution in [0.2, 0.25) is 0 Å². The Morgan fingerprint density at radius 3 is 2.75 bits per heavy atom. The van der Waals surface area contributed by atoms with Gasteiger partial charge in [0.05, 0.1) is 5.69 Å². The molecule has 0 saturated carbocycles. The lowest BCUT2D eigenvalue weighted by Crippen LogP contribution is -1.87. The topological polar surface area (TPSA) is 12.9 Å². The zero-order valence-corrected chi connectivity index (χ0v) is 13.0. The third-order valence-corrected chi connectivity index (χ3v) is 4.59. The molecule has 0 aliphatic heterocycles. The molecular weight excluding hydrogens is 350 g/mol. The van der Waals surface area contributed by atoms with Crippen molar-refractivity contribution in [3.05, 3.63) is 37.0 Å². The van der Waals surface area contributed by atoms with Crippen LogP contribution in [0.15, 0.2) is 26.6 Å². The predicted molar refractivity (Wildman–Crippen MR) is 77.1 cm³/mol. The number of nitrogens with zero attached hydrogens (tertiary/aromatic N) is 1. The van der Waals surface area contributed by atoms with E-state index in [1.165, 1.54) is 16.0 Å². The summed E-state index contributed by atoms with van der Waals surface area (Å²) in [5, 5.41) is 0. The van der Waals surface area contributed by atoms with Crippen LogP contribution < -0.4 is 0 Å². The average Bonchev–Trinajstić information content (AvgIpc) is 2.63. The highest BCUT2D eigenvalue weighted by Gasteiger charge is 2.12. The highest BCUT2D eigenvalue weighted by molar-refractivity contribution is 9.11. The van der Waals surface area contributed by atoms with Gasteiger partial charge < -0.3 is 0 Å². The molecule has 0 atom stereocenters. The SMILES string of the molecule is CCc1sc(Br)nc1-c1cc(Br)ccc1C. The van der Waals surface area contributed by atoms with E-state index >= 15 is 0 Å². The van der Waals surface area contributed by atoms with Crippen LogP contribution >= 0.6 is 43.2 Å². The first-order valence-corrected chi connectivity index (χ1v) is 7.43. The van der Waals surface area contributed by atoms with Crippen molar-refractivity contribution < 1.29 is 0 Å². The summed E-state index contributed by atoms with van der Waals surface area (Å²) in [6.07, 6.45) is 1.02. The molecule has 0 fully saturated rings. The summed E-state index contributed by atoms with van der Waals surface area (Å²) in [5.41, 5.74) is 3.59. The highest BCUT2D eigenvalue weighted by Crippen LogP contribution is 2.34. The number of rotatable bonds is 2. The van der Waals surface area contributed by atoms with Crippen molar-refractivity contribution in [1.82, 2.24) is 4.98 Å². The zero-order chi connectivity index (χ0) is 11.7. The van der Waals surface area contributed by atoms with Crippen LogP contribution in [0.5, 0.6) is 0 Å². The second kappa shape index (κ2) is 4.98. The summed E-state index contributed by atoms with van der Waals surface area (Å²) in [4.78, 5) is 5.89. The largest absolute Gasteiger partial charge is 0.229 e. The number of thiazole rings is 1. The number of hydrogen-bond acceptors (Lipinski definition) is 2. The lowest BCUT2D eigenvalue weighted by molar-refractivity contribution is 1.16. The Bertz CT molecular complexity index is 520. The van der Waals surface area contributed by atoms with Gasteiger partial charge >= 0.3 is 0 Å². The van der Waals surface area contributed by atoms with E-state index in [2.05, 4.69) is 68.9 Å². The molecule has 0 N–H and O–H groups in total. The maximum Gasteiger partial charge on any atom is 0.160 e. The van der Waals surface area contributed by atoms with E-state index < -0.39 is 0 Å². The van der Waals surface area contributed by atoms with E-state index in [-0.39, 0.29) is 0 Å². The molecule has 2 aromatic rings. The highest BCUT2D eigenvalue weighted by atomic mass is 79.9. The molecule has 2 rings (SSSR count). The van der Waals surface area contributed by atoms with Crippen molar-refractivity contribution in [3.8, 4) is 11.3 Å². The standard InChI is InChI=1S/C12H11Br2NS/c1-3-10-11(15-12(14)16-10)9-6-8(13)5-4-7(9)2/h4-6H,3H2,1-2H3. The van der Waals surface area contributed by atoms with E-state index in [1.54, 1.807) is 11.3 Å². The van der Waals surface area contributed by atoms with Crippen molar-refractivity contribution in [2.45, 2.75) is 20.3 Å². The Balaban J connectivity index is 2.61. The first kappa shape index (κ1) is 12.3. The minimum atomic E-state index is 0.957. The number of halogens is 2. The van der Waals surface area contributed by atoms with Crippen LogP contribution in [0.3, 0.4) is 0 Å². The summed E-state index contributed by atoms with van der Waals surface area (Å²) >= 11 is 8.68. The maximum atomic E-state index is 4.57. The van der Waals surface area contributed by atoms with Crippen LogP contribution in [-0.4, -0.2) is 4.98 Å². The smallest absolute Gasteiger partial charge is 0.160 e. The molecule has 0 amide bonds. The van der Waals surface area contributed by atoms with Gasteiger partial charge in [-0.1, -0.05) is 28.9 Å². The van der Waals surface area contributed by atoms with Gasteiger partial charge in [-0.05, 0) is 47.0 Å². The Kier molecular flexibility index (Phi) is 3.82. The van der Waals surface area contributed by atoms with E-state index in [1.807, 2.05) is 0 Å². The van der Waals surface area contributed by atoms with Crippen LogP contribution in [-0.2, 0) is 6.42 Å². The summed E-state index contributed by atoms with van der Waals surface area (Å²) in [6, 6.07) is 6.31. The van der Waals surface area contributed by atoms with Crippen molar-refractivity contribution in [2.24, 2.45) is 0 Å². The van der Waals surface area contributed by atoms with Crippen molar-refractivity contribution in [2.75, 3.05) is 0 Å². The summed E-state index contributed by atoms with van der Waals surface area (Å²) in [7, 11) is 0. The van der Waals surface area contributed by atoms with Gasteiger partial charge in [-0.25, -0.2) is 4.98 Å². The van der Waals surface area contributed by atoms with Crippen LogP contribution in [0.25, 0.3) is 11.3 Å². The van der Waals surface area contributed by atoms with E-state index in [4.69, 9.17) is 0 Å². The average molecular weight is 361 g/mol. The molecule has 0 radical (unpaired) electrons. The molecule has 0 aliphatic rings. The molecule has 0 spiro atoms. The predicted octanol–water partition coefficient (Wildman–Crippen LogP) is 5.21. The van der Waals surface area contributed by atoms with E-state index in [0.717, 1.165) is 20.5 Å². The second-order valence-electron chi connectivity index (χ2n) is 3.55. The molecule has 0 bridgehead atoms. The second-order valence-corrected chi connectivity index (χ2v) is 6.83. The molecule has 1 aromatic carbocycles. The van der Waals surface area contributed by atoms with Crippen LogP contribution in [0.1, 0.15) is 17.4 Å². The number of aryl methyl sites for hydroxylation is 2. The molecule has 0 aliphatic carbocycles. The lowest BCUT2D eigenvalue weighted by Gasteiger charge is -2.05. The zero-order valence-electron chi connectivity index (χ0n) is 9.05.